The molecule has 1 fully saturated rings. The standard InChI is InChI=1S/C18H31N3/c1-5-9-17-12-19-18(6-2,7-3)14-21(17)13-16-11-8-10-15(4)20-16/h8,10-11,17,19H,5-7,9,12-14H2,1-4H3. The van der Waals surface area contributed by atoms with Crippen molar-refractivity contribution in [2.45, 2.75) is 71.5 Å². The van der Waals surface area contributed by atoms with Crippen LogP contribution in [-0.4, -0.2) is 34.6 Å². The molecule has 118 valence electrons. The van der Waals surface area contributed by atoms with Gasteiger partial charge in [0.15, 0.2) is 0 Å². The zero-order chi connectivity index (χ0) is 15.3. The first-order valence-corrected chi connectivity index (χ1v) is 8.54. The van der Waals surface area contributed by atoms with Crippen molar-refractivity contribution in [3.05, 3.63) is 29.6 Å². The Morgan fingerprint density at radius 2 is 2.05 bits per heavy atom. The summed E-state index contributed by atoms with van der Waals surface area (Å²) < 4.78 is 0. The van der Waals surface area contributed by atoms with Gasteiger partial charge in [-0.3, -0.25) is 9.88 Å². The van der Waals surface area contributed by atoms with Gasteiger partial charge in [-0.15, -0.1) is 0 Å². The summed E-state index contributed by atoms with van der Waals surface area (Å²) in [5.74, 6) is 0. The topological polar surface area (TPSA) is 28.2 Å². The van der Waals surface area contributed by atoms with Gasteiger partial charge < -0.3 is 5.32 Å². The Balaban J connectivity index is 2.13. The first-order chi connectivity index (χ1) is 10.1. The number of aryl methyl sites for hydroxylation is 1. The van der Waals surface area contributed by atoms with Gasteiger partial charge in [-0.25, -0.2) is 0 Å². The van der Waals surface area contributed by atoms with E-state index in [1.165, 1.54) is 31.4 Å². The van der Waals surface area contributed by atoms with E-state index in [4.69, 9.17) is 4.98 Å². The summed E-state index contributed by atoms with van der Waals surface area (Å²) in [6, 6.07) is 7.01. The second kappa shape index (κ2) is 7.37. The Bertz CT molecular complexity index is 440. The predicted molar refractivity (Wildman–Crippen MR) is 89.4 cm³/mol. The van der Waals surface area contributed by atoms with Crippen molar-refractivity contribution in [2.24, 2.45) is 0 Å². The molecule has 3 nitrogen and oxygen atoms in total. The maximum Gasteiger partial charge on any atom is 0.0547 e. The van der Waals surface area contributed by atoms with Crippen LogP contribution < -0.4 is 5.32 Å². The number of piperazine rings is 1. The van der Waals surface area contributed by atoms with Crippen LogP contribution in [-0.2, 0) is 6.54 Å². The van der Waals surface area contributed by atoms with Crippen LogP contribution in [0.15, 0.2) is 18.2 Å². The normalized spacial score (nSPS) is 22.4. The Labute approximate surface area is 130 Å². The summed E-state index contributed by atoms with van der Waals surface area (Å²) in [6.45, 7) is 12.2. The molecule has 0 radical (unpaired) electrons. The lowest BCUT2D eigenvalue weighted by Gasteiger charge is -2.47. The molecule has 0 saturated carbocycles. The van der Waals surface area contributed by atoms with Gasteiger partial charge in [-0.2, -0.15) is 0 Å². The van der Waals surface area contributed by atoms with Crippen molar-refractivity contribution in [1.82, 2.24) is 15.2 Å². The third kappa shape index (κ3) is 4.04. The van der Waals surface area contributed by atoms with E-state index in [9.17, 15) is 0 Å². The number of hydrogen-bond acceptors (Lipinski definition) is 3. The molecule has 1 aromatic rings. The molecule has 0 aliphatic carbocycles. The van der Waals surface area contributed by atoms with Crippen LogP contribution >= 0.6 is 0 Å². The molecule has 1 aliphatic rings. The molecular formula is C18H31N3. The number of aromatic nitrogens is 1. The largest absolute Gasteiger partial charge is 0.308 e. The van der Waals surface area contributed by atoms with Crippen molar-refractivity contribution in [1.29, 1.82) is 0 Å². The van der Waals surface area contributed by atoms with Crippen LogP contribution in [0.3, 0.4) is 0 Å². The van der Waals surface area contributed by atoms with E-state index in [1.807, 2.05) is 0 Å². The van der Waals surface area contributed by atoms with Gasteiger partial charge in [-0.05, 0) is 38.3 Å². The van der Waals surface area contributed by atoms with Crippen molar-refractivity contribution in [3.63, 3.8) is 0 Å². The fraction of sp³-hybridized carbons (Fsp3) is 0.722. The minimum atomic E-state index is 0.286. The molecule has 1 N–H and O–H groups in total. The second-order valence-electron chi connectivity index (χ2n) is 6.49. The molecule has 3 heteroatoms. The fourth-order valence-electron chi connectivity index (χ4n) is 3.46. The van der Waals surface area contributed by atoms with Crippen LogP contribution in [0, 0.1) is 6.92 Å². The second-order valence-corrected chi connectivity index (χ2v) is 6.49. The molecule has 0 amide bonds. The molecule has 2 rings (SSSR count). The van der Waals surface area contributed by atoms with Gasteiger partial charge in [0.2, 0.25) is 0 Å². The van der Waals surface area contributed by atoms with Crippen LogP contribution in [0.2, 0.25) is 0 Å². The predicted octanol–water partition coefficient (Wildman–Crippen LogP) is 3.52. The van der Waals surface area contributed by atoms with Crippen LogP contribution in [0.25, 0.3) is 0 Å². The van der Waals surface area contributed by atoms with E-state index in [0.717, 1.165) is 25.3 Å². The van der Waals surface area contributed by atoms with Crippen molar-refractivity contribution >= 4 is 0 Å². The summed E-state index contributed by atoms with van der Waals surface area (Å²) in [7, 11) is 0. The molecule has 1 saturated heterocycles. The minimum Gasteiger partial charge on any atom is -0.308 e. The quantitative estimate of drug-likeness (QED) is 0.868. The van der Waals surface area contributed by atoms with E-state index in [-0.39, 0.29) is 5.54 Å². The molecule has 1 atom stereocenters. The Morgan fingerprint density at radius 3 is 2.67 bits per heavy atom. The number of hydrogen-bond donors (Lipinski definition) is 1. The maximum absolute atomic E-state index is 4.70. The third-order valence-electron chi connectivity index (χ3n) is 5.02. The zero-order valence-electron chi connectivity index (χ0n) is 14.2. The summed E-state index contributed by atoms with van der Waals surface area (Å²) >= 11 is 0. The van der Waals surface area contributed by atoms with Gasteiger partial charge in [-0.1, -0.05) is 33.3 Å². The molecule has 1 aliphatic heterocycles. The van der Waals surface area contributed by atoms with Crippen LogP contribution in [0.5, 0.6) is 0 Å². The average molecular weight is 289 g/mol. The van der Waals surface area contributed by atoms with E-state index < -0.39 is 0 Å². The lowest BCUT2D eigenvalue weighted by Crippen LogP contribution is -2.63. The summed E-state index contributed by atoms with van der Waals surface area (Å²) in [5, 5.41) is 3.83. The van der Waals surface area contributed by atoms with Gasteiger partial charge >= 0.3 is 0 Å². The maximum atomic E-state index is 4.70. The molecule has 0 aromatic carbocycles. The first kappa shape index (κ1) is 16.4. The molecule has 1 aromatic heterocycles. The molecule has 21 heavy (non-hydrogen) atoms. The number of pyridine rings is 1. The zero-order valence-corrected chi connectivity index (χ0v) is 14.2. The molecule has 1 unspecified atom stereocenters. The fourth-order valence-corrected chi connectivity index (χ4v) is 3.46. The summed E-state index contributed by atoms with van der Waals surface area (Å²) in [5.41, 5.74) is 2.61. The van der Waals surface area contributed by atoms with E-state index in [0.29, 0.717) is 6.04 Å². The van der Waals surface area contributed by atoms with E-state index in [2.05, 4.69) is 56.1 Å². The smallest absolute Gasteiger partial charge is 0.0547 e. The number of rotatable bonds is 6. The highest BCUT2D eigenvalue weighted by Gasteiger charge is 2.36. The lowest BCUT2D eigenvalue weighted by atomic mass is 9.87. The van der Waals surface area contributed by atoms with Gasteiger partial charge in [0.25, 0.3) is 0 Å². The van der Waals surface area contributed by atoms with Crippen LogP contribution in [0.1, 0.15) is 57.8 Å². The highest BCUT2D eigenvalue weighted by molar-refractivity contribution is 5.10. The van der Waals surface area contributed by atoms with Gasteiger partial charge in [0, 0.05) is 36.9 Å². The monoisotopic (exact) mass is 289 g/mol. The first-order valence-electron chi connectivity index (χ1n) is 8.54. The molecule has 0 bridgehead atoms. The van der Waals surface area contributed by atoms with Crippen molar-refractivity contribution < 1.29 is 0 Å². The Kier molecular flexibility index (Phi) is 5.77. The molecule has 0 spiro atoms. The summed E-state index contributed by atoms with van der Waals surface area (Å²) in [6.07, 6.45) is 4.90. The SMILES string of the molecule is CCCC1CNC(CC)(CC)CN1Cc1cccc(C)n1. The molecular weight excluding hydrogens is 258 g/mol. The Hall–Kier alpha value is -0.930. The highest BCUT2D eigenvalue weighted by Crippen LogP contribution is 2.25. The van der Waals surface area contributed by atoms with Crippen molar-refractivity contribution in [3.8, 4) is 0 Å². The number of nitrogens with one attached hydrogen (secondary N) is 1. The minimum absolute atomic E-state index is 0.286. The van der Waals surface area contributed by atoms with Crippen LogP contribution in [0.4, 0.5) is 0 Å². The highest BCUT2D eigenvalue weighted by atomic mass is 15.3. The van der Waals surface area contributed by atoms with E-state index >= 15 is 0 Å². The average Bonchev–Trinajstić information content (AvgIpc) is 2.49. The Morgan fingerprint density at radius 1 is 1.29 bits per heavy atom. The third-order valence-corrected chi connectivity index (χ3v) is 5.02. The van der Waals surface area contributed by atoms with Gasteiger partial charge in [0.05, 0.1) is 5.69 Å². The molecule has 2 heterocycles. The lowest BCUT2D eigenvalue weighted by molar-refractivity contribution is 0.0606. The van der Waals surface area contributed by atoms with Gasteiger partial charge in [0.1, 0.15) is 0 Å². The number of nitrogens with zero attached hydrogens (tertiary/aromatic N) is 2. The van der Waals surface area contributed by atoms with E-state index in [1.54, 1.807) is 0 Å². The van der Waals surface area contributed by atoms with Crippen molar-refractivity contribution in [2.75, 3.05) is 13.1 Å². The summed E-state index contributed by atoms with van der Waals surface area (Å²) in [4.78, 5) is 7.36.